The highest BCUT2D eigenvalue weighted by Crippen LogP contribution is 2.54. The van der Waals surface area contributed by atoms with Gasteiger partial charge < -0.3 is 5.11 Å². The summed E-state index contributed by atoms with van der Waals surface area (Å²) in [6.45, 7) is 1.75. The van der Waals surface area contributed by atoms with Crippen molar-refractivity contribution in [3.05, 3.63) is 50.4 Å². The fourth-order valence-electron chi connectivity index (χ4n) is 2.32. The van der Waals surface area contributed by atoms with Gasteiger partial charge >= 0.3 is 5.97 Å². The number of hydrogen-bond acceptors (Lipinski definition) is 3. The van der Waals surface area contributed by atoms with Crippen molar-refractivity contribution in [2.75, 3.05) is 0 Å². The first-order valence-electron chi connectivity index (χ1n) is 6.00. The number of halogens is 1. The maximum atomic E-state index is 11.1. The first-order chi connectivity index (χ1) is 9.03. The molecule has 1 aliphatic carbocycles. The van der Waals surface area contributed by atoms with E-state index in [0.717, 1.165) is 17.8 Å². The Balaban J connectivity index is 2.03. The lowest BCUT2D eigenvalue weighted by molar-refractivity contribution is 0.0701. The van der Waals surface area contributed by atoms with Crippen LogP contribution < -0.4 is 0 Å². The third-order valence-corrected chi connectivity index (χ3v) is 5.15. The molecule has 0 atom stereocenters. The van der Waals surface area contributed by atoms with Gasteiger partial charge in [-0.05, 0) is 37.5 Å². The number of carbonyl (C=O) groups is 1. The molecule has 3 rings (SSSR count). The van der Waals surface area contributed by atoms with Crippen molar-refractivity contribution in [2.24, 2.45) is 0 Å². The monoisotopic (exact) mass is 293 g/mol. The Hall–Kier alpha value is -1.39. The third-order valence-electron chi connectivity index (χ3n) is 3.55. The van der Waals surface area contributed by atoms with E-state index in [-0.39, 0.29) is 5.41 Å². The average Bonchev–Trinajstić information content (AvgIpc) is 3.08. The van der Waals surface area contributed by atoms with Crippen molar-refractivity contribution in [3.63, 3.8) is 0 Å². The van der Waals surface area contributed by atoms with Gasteiger partial charge in [0.25, 0.3) is 0 Å². The second-order valence-corrected chi connectivity index (χ2v) is 6.26. The second-order valence-electron chi connectivity index (χ2n) is 4.83. The lowest BCUT2D eigenvalue weighted by Gasteiger charge is -2.12. The summed E-state index contributed by atoms with van der Waals surface area (Å²) in [4.78, 5) is 15.9. The number of hydrogen-bond donors (Lipinski definition) is 1. The summed E-state index contributed by atoms with van der Waals surface area (Å²) >= 11 is 7.20. The zero-order chi connectivity index (χ0) is 13.6. The quantitative estimate of drug-likeness (QED) is 0.934. The maximum absolute atomic E-state index is 11.1. The molecule has 0 amide bonds. The molecule has 0 unspecified atom stereocenters. The minimum absolute atomic E-state index is 0.0896. The van der Waals surface area contributed by atoms with Crippen LogP contribution >= 0.6 is 22.9 Å². The Morgan fingerprint density at radius 2 is 2.00 bits per heavy atom. The molecule has 0 spiro atoms. The fraction of sp³-hybridized carbons (Fsp3) is 0.286. The van der Waals surface area contributed by atoms with E-state index in [1.165, 1.54) is 16.9 Å². The van der Waals surface area contributed by atoms with Crippen molar-refractivity contribution in [2.45, 2.75) is 25.2 Å². The molecule has 0 saturated heterocycles. The highest BCUT2D eigenvalue weighted by atomic mass is 35.5. The molecule has 98 valence electrons. The number of carboxylic acids is 1. The van der Waals surface area contributed by atoms with Gasteiger partial charge in [-0.3, -0.25) is 0 Å². The molecule has 1 N–H and O–H groups in total. The number of benzene rings is 1. The molecular weight excluding hydrogens is 282 g/mol. The van der Waals surface area contributed by atoms with Crippen LogP contribution in [0.2, 0.25) is 5.02 Å². The molecule has 0 radical (unpaired) electrons. The fourth-order valence-corrected chi connectivity index (χ4v) is 3.62. The topological polar surface area (TPSA) is 50.2 Å². The number of aromatic carboxylic acids is 1. The molecule has 1 heterocycles. The first kappa shape index (κ1) is 12.6. The smallest absolute Gasteiger partial charge is 0.347 e. The largest absolute Gasteiger partial charge is 0.477 e. The van der Waals surface area contributed by atoms with Crippen LogP contribution in [0.1, 0.15) is 38.8 Å². The number of rotatable bonds is 3. The van der Waals surface area contributed by atoms with Gasteiger partial charge in [0.1, 0.15) is 9.88 Å². The molecule has 3 nitrogen and oxygen atoms in total. The number of nitrogens with zero attached hydrogens (tertiary/aromatic N) is 1. The maximum Gasteiger partial charge on any atom is 0.347 e. The third kappa shape index (κ3) is 2.05. The van der Waals surface area contributed by atoms with Gasteiger partial charge in [0, 0.05) is 10.4 Å². The summed E-state index contributed by atoms with van der Waals surface area (Å²) in [6, 6.07) is 7.75. The molecular formula is C14H12ClNO2S. The Kier molecular flexibility index (Phi) is 2.87. The molecule has 1 aromatic heterocycles. The summed E-state index contributed by atoms with van der Waals surface area (Å²) < 4.78 is 0. The Labute approximate surface area is 119 Å². The predicted molar refractivity (Wildman–Crippen MR) is 75.3 cm³/mol. The van der Waals surface area contributed by atoms with Crippen molar-refractivity contribution >= 4 is 28.9 Å². The van der Waals surface area contributed by atoms with E-state index in [1.54, 1.807) is 6.92 Å². The van der Waals surface area contributed by atoms with E-state index in [0.29, 0.717) is 15.6 Å². The summed E-state index contributed by atoms with van der Waals surface area (Å²) in [7, 11) is 0. The predicted octanol–water partition coefficient (Wildman–Crippen LogP) is 3.88. The van der Waals surface area contributed by atoms with Crippen LogP contribution in [-0.2, 0) is 5.41 Å². The molecule has 1 fully saturated rings. The van der Waals surface area contributed by atoms with Gasteiger partial charge in [0.05, 0.1) is 5.69 Å². The van der Waals surface area contributed by atoms with Crippen LogP contribution in [0.15, 0.2) is 24.3 Å². The van der Waals surface area contributed by atoms with Gasteiger partial charge in [-0.15, -0.1) is 11.3 Å². The molecule has 1 saturated carbocycles. The van der Waals surface area contributed by atoms with Crippen LogP contribution in [0.5, 0.6) is 0 Å². The number of thiazole rings is 1. The number of aryl methyl sites for hydroxylation is 1. The minimum atomic E-state index is -0.895. The molecule has 0 bridgehead atoms. The molecule has 1 aliphatic rings. The highest BCUT2D eigenvalue weighted by molar-refractivity contribution is 7.14. The number of aromatic nitrogens is 1. The standard InChI is InChI=1S/C14H12ClNO2S/c1-8-11(12(17)18)19-13(16-8)14(6-7-14)9-2-4-10(15)5-3-9/h2-5H,6-7H2,1H3,(H,17,18). The van der Waals surface area contributed by atoms with E-state index >= 15 is 0 Å². The molecule has 0 aliphatic heterocycles. The van der Waals surface area contributed by atoms with Gasteiger partial charge in [-0.2, -0.15) is 0 Å². The lowest BCUT2D eigenvalue weighted by Crippen LogP contribution is -2.07. The normalized spacial score (nSPS) is 16.3. The van der Waals surface area contributed by atoms with Crippen LogP contribution in [-0.4, -0.2) is 16.1 Å². The SMILES string of the molecule is Cc1nc(C2(c3ccc(Cl)cc3)CC2)sc1C(=O)O. The van der Waals surface area contributed by atoms with E-state index in [9.17, 15) is 4.79 Å². The van der Waals surface area contributed by atoms with Gasteiger partial charge in [0.15, 0.2) is 0 Å². The highest BCUT2D eigenvalue weighted by Gasteiger charge is 2.48. The molecule has 2 aromatic rings. The van der Waals surface area contributed by atoms with Gasteiger partial charge in [-0.25, -0.2) is 9.78 Å². The summed E-state index contributed by atoms with van der Waals surface area (Å²) in [5.74, 6) is -0.895. The van der Waals surface area contributed by atoms with Crippen LogP contribution in [0.3, 0.4) is 0 Å². The summed E-state index contributed by atoms with van der Waals surface area (Å²) in [5.41, 5.74) is 1.68. The zero-order valence-corrected chi connectivity index (χ0v) is 11.9. The minimum Gasteiger partial charge on any atom is -0.477 e. The Morgan fingerprint density at radius 1 is 1.37 bits per heavy atom. The van der Waals surface area contributed by atoms with Crippen molar-refractivity contribution < 1.29 is 9.90 Å². The Bertz CT molecular complexity index is 644. The van der Waals surface area contributed by atoms with Crippen LogP contribution in [0.4, 0.5) is 0 Å². The zero-order valence-electron chi connectivity index (χ0n) is 10.3. The molecule has 1 aromatic carbocycles. The molecule has 19 heavy (non-hydrogen) atoms. The number of carboxylic acid groups (broad SMARTS) is 1. The average molecular weight is 294 g/mol. The van der Waals surface area contributed by atoms with E-state index < -0.39 is 5.97 Å². The van der Waals surface area contributed by atoms with Crippen LogP contribution in [0.25, 0.3) is 0 Å². The first-order valence-corrected chi connectivity index (χ1v) is 7.20. The van der Waals surface area contributed by atoms with Crippen molar-refractivity contribution in [3.8, 4) is 0 Å². The van der Waals surface area contributed by atoms with E-state index in [4.69, 9.17) is 16.7 Å². The van der Waals surface area contributed by atoms with E-state index in [2.05, 4.69) is 4.98 Å². The molecule has 5 heteroatoms. The van der Waals surface area contributed by atoms with Gasteiger partial charge in [-0.1, -0.05) is 23.7 Å². The summed E-state index contributed by atoms with van der Waals surface area (Å²) in [5, 5.41) is 10.7. The van der Waals surface area contributed by atoms with Gasteiger partial charge in [0.2, 0.25) is 0 Å². The van der Waals surface area contributed by atoms with Crippen LogP contribution in [0, 0.1) is 6.92 Å². The summed E-state index contributed by atoms with van der Waals surface area (Å²) in [6.07, 6.45) is 2.03. The second kappa shape index (κ2) is 4.32. The Morgan fingerprint density at radius 3 is 2.47 bits per heavy atom. The van der Waals surface area contributed by atoms with Crippen molar-refractivity contribution in [1.29, 1.82) is 0 Å². The lowest BCUT2D eigenvalue weighted by atomic mass is 9.97. The van der Waals surface area contributed by atoms with E-state index in [1.807, 2.05) is 24.3 Å². The van der Waals surface area contributed by atoms with Crippen molar-refractivity contribution in [1.82, 2.24) is 4.98 Å².